The summed E-state index contributed by atoms with van der Waals surface area (Å²) in [6.07, 6.45) is 0. The minimum absolute atomic E-state index is 0.0230. The number of anilines is 1. The molecule has 18 heavy (non-hydrogen) atoms. The molecule has 1 heterocycles. The van der Waals surface area contributed by atoms with Crippen LogP contribution in [-0.4, -0.2) is 34.9 Å². The highest BCUT2D eigenvalue weighted by molar-refractivity contribution is 5.91. The minimum Gasteiger partial charge on any atom is -0.468 e. The molecule has 0 atom stereocenters. The Labute approximate surface area is 99.8 Å². The quantitative estimate of drug-likeness (QED) is 0.480. The Morgan fingerprint density at radius 1 is 1.56 bits per heavy atom. The van der Waals surface area contributed by atoms with Crippen LogP contribution in [0.15, 0.2) is 16.8 Å². The molecule has 1 N–H and O–H groups in total. The molecule has 0 aliphatic rings. The third-order valence-electron chi connectivity index (χ3n) is 2.23. The Bertz CT molecular complexity index is 608. The fourth-order valence-electron chi connectivity index (χ4n) is 1.40. The number of benzene rings is 1. The van der Waals surface area contributed by atoms with Crippen LogP contribution in [0.1, 0.15) is 0 Å². The van der Waals surface area contributed by atoms with Gasteiger partial charge in [0, 0.05) is 0 Å². The van der Waals surface area contributed by atoms with Crippen molar-refractivity contribution in [2.24, 2.45) is 0 Å². The van der Waals surface area contributed by atoms with E-state index < -0.39 is 10.9 Å². The van der Waals surface area contributed by atoms with Gasteiger partial charge in [0.2, 0.25) is 5.52 Å². The lowest BCUT2D eigenvalue weighted by molar-refractivity contribution is -0.382. The number of carbonyl (C=O) groups excluding carboxylic acids is 1. The summed E-state index contributed by atoms with van der Waals surface area (Å²) in [6, 6.07) is 2.92. The first-order valence-corrected chi connectivity index (χ1v) is 4.84. The van der Waals surface area contributed by atoms with Crippen molar-refractivity contribution in [3.8, 4) is 0 Å². The molecule has 0 spiro atoms. The lowest BCUT2D eigenvalue weighted by Crippen LogP contribution is -2.15. The number of aromatic nitrogens is 2. The van der Waals surface area contributed by atoms with Crippen molar-refractivity contribution in [3.63, 3.8) is 0 Å². The van der Waals surface area contributed by atoms with Gasteiger partial charge in [-0.1, -0.05) is 0 Å². The molecule has 0 fully saturated rings. The van der Waals surface area contributed by atoms with Gasteiger partial charge >= 0.3 is 11.7 Å². The van der Waals surface area contributed by atoms with Crippen molar-refractivity contribution in [2.75, 3.05) is 19.0 Å². The molecule has 0 unspecified atom stereocenters. The molecule has 2 rings (SSSR count). The van der Waals surface area contributed by atoms with Gasteiger partial charge in [0.05, 0.1) is 12.0 Å². The number of ether oxygens (including phenoxy) is 1. The van der Waals surface area contributed by atoms with Gasteiger partial charge in [0.1, 0.15) is 17.7 Å². The number of nitro benzene ring substituents is 1. The number of methoxy groups -OCH3 is 1. The highest BCUT2D eigenvalue weighted by atomic mass is 16.6. The van der Waals surface area contributed by atoms with Gasteiger partial charge in [0.25, 0.3) is 0 Å². The van der Waals surface area contributed by atoms with E-state index in [2.05, 4.69) is 25.0 Å². The molecular weight excluding hydrogens is 244 g/mol. The first-order valence-electron chi connectivity index (χ1n) is 4.84. The lowest BCUT2D eigenvalue weighted by atomic mass is 10.2. The van der Waals surface area contributed by atoms with Gasteiger partial charge in [-0.2, -0.15) is 0 Å². The van der Waals surface area contributed by atoms with Gasteiger partial charge in [-0.3, -0.25) is 14.9 Å². The molecule has 9 nitrogen and oxygen atoms in total. The molecule has 0 saturated heterocycles. The number of carbonyl (C=O) groups is 1. The summed E-state index contributed by atoms with van der Waals surface area (Å²) < 4.78 is 8.86. The monoisotopic (exact) mass is 252 g/mol. The summed E-state index contributed by atoms with van der Waals surface area (Å²) in [5.74, 6) is -0.539. The van der Waals surface area contributed by atoms with E-state index in [-0.39, 0.29) is 29.0 Å². The molecule has 1 aromatic carbocycles. The van der Waals surface area contributed by atoms with Crippen molar-refractivity contribution >= 4 is 28.4 Å². The van der Waals surface area contributed by atoms with Crippen molar-refractivity contribution in [3.05, 3.63) is 22.2 Å². The second-order valence-corrected chi connectivity index (χ2v) is 3.28. The minimum atomic E-state index is -0.619. The van der Waals surface area contributed by atoms with Crippen LogP contribution in [0.4, 0.5) is 11.4 Å². The molecule has 9 heteroatoms. The number of hydrogen-bond acceptors (Lipinski definition) is 8. The number of hydrogen-bond donors (Lipinski definition) is 1. The van der Waals surface area contributed by atoms with Crippen LogP contribution in [0.5, 0.6) is 0 Å². The first-order chi connectivity index (χ1) is 8.63. The Kier molecular flexibility index (Phi) is 3.04. The summed E-state index contributed by atoms with van der Waals surface area (Å²) >= 11 is 0. The standard InChI is InChI=1S/C9H8N4O5/c1-17-7(14)4-10-6-3-2-5-8(12-18-11-5)9(6)13(15)16/h2-3,10H,4H2,1H3. The number of esters is 1. The van der Waals surface area contributed by atoms with Gasteiger partial charge in [0.15, 0.2) is 0 Å². The van der Waals surface area contributed by atoms with Crippen molar-refractivity contribution in [1.82, 2.24) is 10.3 Å². The third kappa shape index (κ3) is 2.05. The highest BCUT2D eigenvalue weighted by Gasteiger charge is 2.22. The summed E-state index contributed by atoms with van der Waals surface area (Å²) in [5, 5.41) is 20.6. The largest absolute Gasteiger partial charge is 0.468 e. The Morgan fingerprint density at radius 2 is 2.33 bits per heavy atom. The van der Waals surface area contributed by atoms with E-state index in [4.69, 9.17) is 0 Å². The summed E-state index contributed by atoms with van der Waals surface area (Å²) in [7, 11) is 1.23. The highest BCUT2D eigenvalue weighted by Crippen LogP contribution is 2.31. The van der Waals surface area contributed by atoms with Gasteiger partial charge in [-0.05, 0) is 22.4 Å². The number of nitrogens with zero attached hydrogens (tertiary/aromatic N) is 3. The predicted molar refractivity (Wildman–Crippen MR) is 59.0 cm³/mol. The Morgan fingerprint density at radius 3 is 3.00 bits per heavy atom. The lowest BCUT2D eigenvalue weighted by Gasteiger charge is -2.05. The van der Waals surface area contributed by atoms with Crippen LogP contribution >= 0.6 is 0 Å². The topological polar surface area (TPSA) is 120 Å². The van der Waals surface area contributed by atoms with Crippen LogP contribution in [-0.2, 0) is 9.53 Å². The van der Waals surface area contributed by atoms with Crippen LogP contribution < -0.4 is 5.32 Å². The van der Waals surface area contributed by atoms with E-state index in [1.54, 1.807) is 0 Å². The van der Waals surface area contributed by atoms with E-state index in [1.165, 1.54) is 19.2 Å². The molecule has 0 bridgehead atoms. The molecular formula is C9H8N4O5. The van der Waals surface area contributed by atoms with Gasteiger partial charge in [-0.15, -0.1) is 0 Å². The molecule has 94 valence electrons. The zero-order chi connectivity index (χ0) is 13.1. The van der Waals surface area contributed by atoms with Crippen molar-refractivity contribution < 1.29 is 19.1 Å². The average molecular weight is 252 g/mol. The van der Waals surface area contributed by atoms with Crippen molar-refractivity contribution in [2.45, 2.75) is 0 Å². The Hall–Kier alpha value is -2.71. The molecule has 2 aromatic rings. The van der Waals surface area contributed by atoms with Gasteiger partial charge in [-0.25, -0.2) is 4.63 Å². The van der Waals surface area contributed by atoms with Crippen LogP contribution in [0.2, 0.25) is 0 Å². The third-order valence-corrected chi connectivity index (χ3v) is 2.23. The molecule has 0 saturated carbocycles. The number of nitro groups is 1. The molecule has 0 amide bonds. The molecule has 0 aliphatic carbocycles. The van der Waals surface area contributed by atoms with E-state index in [1.807, 2.05) is 0 Å². The Balaban J connectivity index is 2.40. The average Bonchev–Trinajstić information content (AvgIpc) is 2.82. The van der Waals surface area contributed by atoms with Crippen LogP contribution in [0, 0.1) is 10.1 Å². The van der Waals surface area contributed by atoms with Crippen LogP contribution in [0.3, 0.4) is 0 Å². The fourth-order valence-corrected chi connectivity index (χ4v) is 1.40. The summed E-state index contributed by atoms with van der Waals surface area (Å²) in [6.45, 7) is -0.186. The first kappa shape index (κ1) is 11.8. The van der Waals surface area contributed by atoms with Crippen molar-refractivity contribution in [1.29, 1.82) is 0 Å². The number of nitrogens with one attached hydrogen (secondary N) is 1. The van der Waals surface area contributed by atoms with E-state index in [0.717, 1.165) is 0 Å². The van der Waals surface area contributed by atoms with E-state index in [9.17, 15) is 14.9 Å². The second kappa shape index (κ2) is 4.65. The number of rotatable bonds is 4. The molecule has 0 radical (unpaired) electrons. The van der Waals surface area contributed by atoms with Crippen LogP contribution in [0.25, 0.3) is 11.0 Å². The van der Waals surface area contributed by atoms with Gasteiger partial charge < -0.3 is 10.1 Å². The number of fused-ring (bicyclic) bond motifs is 1. The molecule has 1 aromatic heterocycles. The summed E-state index contributed by atoms with van der Waals surface area (Å²) in [4.78, 5) is 21.3. The van der Waals surface area contributed by atoms with E-state index in [0.29, 0.717) is 0 Å². The predicted octanol–water partition coefficient (Wildman–Crippen LogP) is 0.716. The maximum Gasteiger partial charge on any atom is 0.325 e. The van der Waals surface area contributed by atoms with E-state index >= 15 is 0 Å². The molecule has 0 aliphatic heterocycles. The maximum absolute atomic E-state index is 11.0. The smallest absolute Gasteiger partial charge is 0.325 e. The second-order valence-electron chi connectivity index (χ2n) is 3.28. The summed E-state index contributed by atoms with van der Waals surface area (Å²) in [5.41, 5.74) is 0.145. The zero-order valence-electron chi connectivity index (χ0n) is 9.24. The zero-order valence-corrected chi connectivity index (χ0v) is 9.24. The SMILES string of the molecule is COC(=O)CNc1ccc2nonc2c1[N+](=O)[O-]. The maximum atomic E-state index is 11.0. The normalized spacial score (nSPS) is 10.3. The fraction of sp³-hybridized carbons (Fsp3) is 0.222.